The summed E-state index contributed by atoms with van der Waals surface area (Å²) in [6.07, 6.45) is 3.60. The fourth-order valence-electron chi connectivity index (χ4n) is 4.10. The Hall–Kier alpha value is -4.08. The molecule has 0 unspecified atom stereocenters. The number of rotatable bonds is 1. The predicted molar refractivity (Wildman–Crippen MR) is 140 cm³/mol. The van der Waals surface area contributed by atoms with Gasteiger partial charge in [-0.2, -0.15) is 0 Å². The molecule has 0 saturated carbocycles. The number of aromatic nitrogens is 4. The third-order valence-electron chi connectivity index (χ3n) is 5.80. The van der Waals surface area contributed by atoms with Crippen molar-refractivity contribution in [3.8, 4) is 11.4 Å². The minimum atomic E-state index is 0. The quantitative estimate of drug-likeness (QED) is 0.164. The average Bonchev–Trinajstić information content (AvgIpc) is 2.93. The van der Waals surface area contributed by atoms with Gasteiger partial charge in [0.05, 0.1) is 33.5 Å². The van der Waals surface area contributed by atoms with Gasteiger partial charge in [0.2, 0.25) is 0 Å². The van der Waals surface area contributed by atoms with E-state index in [0.717, 1.165) is 55.0 Å². The van der Waals surface area contributed by atoms with Crippen molar-refractivity contribution in [2.24, 2.45) is 0 Å². The molecule has 0 fully saturated rings. The van der Waals surface area contributed by atoms with E-state index in [1.807, 2.05) is 60.7 Å². The van der Waals surface area contributed by atoms with Gasteiger partial charge in [-0.1, -0.05) is 72.8 Å². The Balaban J connectivity index is 0.000000149. The van der Waals surface area contributed by atoms with Gasteiger partial charge in [0.1, 0.15) is 0 Å². The summed E-state index contributed by atoms with van der Waals surface area (Å²) in [7, 11) is 0. The van der Waals surface area contributed by atoms with Gasteiger partial charge in [-0.05, 0) is 36.4 Å². The number of nitrogens with zero attached hydrogens (tertiary/aromatic N) is 4. The molecule has 4 nitrogen and oxygen atoms in total. The Morgan fingerprint density at radius 3 is 1.26 bits per heavy atom. The topological polar surface area (TPSA) is 51.6 Å². The first-order valence-corrected chi connectivity index (χ1v) is 11.2. The summed E-state index contributed by atoms with van der Waals surface area (Å²) in [6.45, 7) is 0. The largest absolute Gasteiger partial charge is 2.00 e. The SMILES string of the molecule is [Ru+2].c1ccc2nc(-c3ccc4ccccc4n3)ccc2c1.c1cnc2c(c1)ccc1cccnc12. The van der Waals surface area contributed by atoms with Crippen LogP contribution in [0.5, 0.6) is 0 Å². The Morgan fingerprint density at radius 1 is 0.371 bits per heavy atom. The molecule has 166 valence electrons. The Labute approximate surface area is 215 Å². The molecule has 0 aliphatic carbocycles. The summed E-state index contributed by atoms with van der Waals surface area (Å²) in [5.74, 6) is 0. The molecule has 5 heteroatoms. The number of para-hydroxylation sites is 2. The zero-order chi connectivity index (χ0) is 22.7. The van der Waals surface area contributed by atoms with Crippen molar-refractivity contribution in [2.75, 3.05) is 0 Å². The summed E-state index contributed by atoms with van der Waals surface area (Å²) in [6, 6.07) is 36.6. The standard InChI is InChI=1S/C18H12N2.C12H8N2.Ru/c1-3-7-15-13(5-1)9-11-17(19-15)18-12-10-14-6-2-4-8-16(14)20-18;1-3-9-5-6-10-4-2-8-14-12(10)11(9)13-7-1;/h1-12H;1-8H;/q;;+2. The number of benzene rings is 3. The van der Waals surface area contributed by atoms with Gasteiger partial charge in [-0.15, -0.1) is 0 Å². The molecule has 0 bridgehead atoms. The Kier molecular flexibility index (Phi) is 6.51. The van der Waals surface area contributed by atoms with E-state index in [9.17, 15) is 0 Å². The molecular formula is C30H20N4Ru+2. The first-order valence-electron chi connectivity index (χ1n) is 11.2. The molecule has 0 atom stereocenters. The summed E-state index contributed by atoms with van der Waals surface area (Å²) in [4.78, 5) is 18.1. The minimum absolute atomic E-state index is 0. The van der Waals surface area contributed by atoms with Crippen LogP contribution in [0.15, 0.2) is 122 Å². The van der Waals surface area contributed by atoms with Crippen molar-refractivity contribution < 1.29 is 19.5 Å². The molecule has 7 aromatic rings. The van der Waals surface area contributed by atoms with Crippen LogP contribution in [0.2, 0.25) is 0 Å². The van der Waals surface area contributed by atoms with Gasteiger partial charge < -0.3 is 0 Å². The number of hydrogen-bond donors (Lipinski definition) is 0. The summed E-state index contributed by atoms with van der Waals surface area (Å²) < 4.78 is 0. The van der Waals surface area contributed by atoms with Crippen LogP contribution >= 0.6 is 0 Å². The first kappa shape index (κ1) is 22.7. The van der Waals surface area contributed by atoms with Crippen LogP contribution < -0.4 is 0 Å². The van der Waals surface area contributed by atoms with E-state index in [2.05, 4.69) is 68.5 Å². The molecule has 0 aliphatic heterocycles. The van der Waals surface area contributed by atoms with E-state index in [-0.39, 0.29) is 19.5 Å². The van der Waals surface area contributed by atoms with Crippen molar-refractivity contribution in [1.82, 2.24) is 19.9 Å². The molecule has 4 heterocycles. The molecule has 0 saturated heterocycles. The third-order valence-corrected chi connectivity index (χ3v) is 5.80. The smallest absolute Gasteiger partial charge is 0.254 e. The second kappa shape index (κ2) is 10.0. The number of fused-ring (bicyclic) bond motifs is 5. The van der Waals surface area contributed by atoms with E-state index < -0.39 is 0 Å². The number of pyridine rings is 4. The van der Waals surface area contributed by atoms with E-state index in [1.165, 1.54) is 0 Å². The fourth-order valence-corrected chi connectivity index (χ4v) is 4.10. The van der Waals surface area contributed by atoms with Crippen LogP contribution in [0.1, 0.15) is 0 Å². The van der Waals surface area contributed by atoms with Crippen molar-refractivity contribution >= 4 is 43.6 Å². The molecule has 4 aromatic heterocycles. The maximum Gasteiger partial charge on any atom is 2.00 e. The van der Waals surface area contributed by atoms with Crippen LogP contribution in [0.3, 0.4) is 0 Å². The molecule has 0 spiro atoms. The van der Waals surface area contributed by atoms with Crippen molar-refractivity contribution in [2.45, 2.75) is 0 Å². The van der Waals surface area contributed by atoms with E-state index in [4.69, 9.17) is 0 Å². The van der Waals surface area contributed by atoms with Crippen LogP contribution in [0.4, 0.5) is 0 Å². The van der Waals surface area contributed by atoms with Crippen molar-refractivity contribution in [1.29, 1.82) is 0 Å². The van der Waals surface area contributed by atoms with Gasteiger partial charge in [-0.3, -0.25) is 9.97 Å². The molecule has 0 N–H and O–H groups in total. The molecule has 0 amide bonds. The van der Waals surface area contributed by atoms with Gasteiger partial charge >= 0.3 is 19.5 Å². The second-order valence-electron chi connectivity index (χ2n) is 7.99. The number of hydrogen-bond acceptors (Lipinski definition) is 4. The van der Waals surface area contributed by atoms with Crippen LogP contribution in [0, 0.1) is 0 Å². The molecule has 3 aromatic carbocycles. The molecule has 35 heavy (non-hydrogen) atoms. The van der Waals surface area contributed by atoms with Crippen LogP contribution in [-0.4, -0.2) is 19.9 Å². The Bertz CT molecular complexity index is 1650. The monoisotopic (exact) mass is 538 g/mol. The zero-order valence-electron chi connectivity index (χ0n) is 18.7. The maximum atomic E-state index is 4.69. The van der Waals surface area contributed by atoms with Crippen molar-refractivity contribution in [3.63, 3.8) is 0 Å². The average molecular weight is 538 g/mol. The van der Waals surface area contributed by atoms with E-state index in [1.54, 1.807) is 12.4 Å². The van der Waals surface area contributed by atoms with E-state index >= 15 is 0 Å². The van der Waals surface area contributed by atoms with E-state index in [0.29, 0.717) is 0 Å². The summed E-state index contributed by atoms with van der Waals surface area (Å²) >= 11 is 0. The van der Waals surface area contributed by atoms with Gasteiger partial charge in [0, 0.05) is 33.9 Å². The van der Waals surface area contributed by atoms with Crippen molar-refractivity contribution in [3.05, 3.63) is 122 Å². The first-order chi connectivity index (χ1) is 16.8. The molecule has 0 radical (unpaired) electrons. The van der Waals surface area contributed by atoms with Crippen LogP contribution in [-0.2, 0) is 19.5 Å². The fraction of sp³-hybridized carbons (Fsp3) is 0. The predicted octanol–water partition coefficient (Wildman–Crippen LogP) is 7.23. The van der Waals surface area contributed by atoms with Crippen LogP contribution in [0.25, 0.3) is 55.0 Å². The molecule has 0 aliphatic rings. The Morgan fingerprint density at radius 2 is 0.771 bits per heavy atom. The summed E-state index contributed by atoms with van der Waals surface area (Å²) in [5, 5.41) is 4.58. The maximum absolute atomic E-state index is 4.69. The van der Waals surface area contributed by atoms with Gasteiger partial charge in [-0.25, -0.2) is 9.97 Å². The minimum Gasteiger partial charge on any atom is -0.254 e. The summed E-state index contributed by atoms with van der Waals surface area (Å²) in [5.41, 5.74) is 5.78. The normalized spacial score (nSPS) is 10.6. The molecule has 7 rings (SSSR count). The molecular weight excluding hydrogens is 517 g/mol. The van der Waals surface area contributed by atoms with Gasteiger partial charge in [0.15, 0.2) is 0 Å². The van der Waals surface area contributed by atoms with Gasteiger partial charge in [0.25, 0.3) is 0 Å². The third kappa shape index (κ3) is 4.64. The zero-order valence-corrected chi connectivity index (χ0v) is 20.4. The second-order valence-corrected chi connectivity index (χ2v) is 7.99.